The fraction of sp³-hybridized carbons (Fsp3) is 0.500. The highest BCUT2D eigenvalue weighted by Gasteiger charge is 2.25. The number of nitrogens with one attached hydrogen (secondary N) is 1. The van der Waals surface area contributed by atoms with E-state index in [2.05, 4.69) is 5.32 Å². The number of ether oxygens (including phenoxy) is 1. The Hall–Kier alpha value is -1.55. The standard InChI is InChI=1S/C14H22N2O2/c1-4-9-18-12-8-6-7-11(10-12)16-13(17)14(3,15)5-2/h6-8,10H,4-5,9,15H2,1-3H3,(H,16,17). The third kappa shape index (κ3) is 4.04. The number of nitrogens with two attached hydrogens (primary N) is 1. The van der Waals surface area contributed by atoms with Crippen LogP contribution in [0.15, 0.2) is 24.3 Å². The maximum atomic E-state index is 11.9. The molecule has 0 heterocycles. The molecule has 1 aromatic carbocycles. The molecule has 0 fully saturated rings. The molecule has 1 aromatic rings. The molecule has 1 rings (SSSR count). The Labute approximate surface area is 109 Å². The summed E-state index contributed by atoms with van der Waals surface area (Å²) in [4.78, 5) is 11.9. The van der Waals surface area contributed by atoms with E-state index in [1.807, 2.05) is 32.0 Å². The number of benzene rings is 1. The second-order valence-corrected chi connectivity index (χ2v) is 4.60. The summed E-state index contributed by atoms with van der Waals surface area (Å²) in [6.45, 7) is 6.33. The van der Waals surface area contributed by atoms with Crippen LogP contribution >= 0.6 is 0 Å². The van der Waals surface area contributed by atoms with E-state index >= 15 is 0 Å². The van der Waals surface area contributed by atoms with E-state index in [-0.39, 0.29) is 5.91 Å². The van der Waals surface area contributed by atoms with E-state index in [1.165, 1.54) is 0 Å². The Morgan fingerprint density at radius 1 is 1.44 bits per heavy atom. The van der Waals surface area contributed by atoms with Gasteiger partial charge in [0.05, 0.1) is 12.1 Å². The first-order valence-electron chi connectivity index (χ1n) is 6.32. The van der Waals surface area contributed by atoms with Crippen molar-refractivity contribution in [2.75, 3.05) is 11.9 Å². The van der Waals surface area contributed by atoms with Crippen molar-refractivity contribution in [1.82, 2.24) is 0 Å². The molecule has 1 amide bonds. The molecule has 3 N–H and O–H groups in total. The first kappa shape index (κ1) is 14.5. The first-order chi connectivity index (χ1) is 8.49. The Morgan fingerprint density at radius 2 is 2.17 bits per heavy atom. The molecular weight excluding hydrogens is 228 g/mol. The molecule has 0 bridgehead atoms. The van der Waals surface area contributed by atoms with Crippen LogP contribution < -0.4 is 15.8 Å². The van der Waals surface area contributed by atoms with Crippen LogP contribution in [0.5, 0.6) is 5.75 Å². The maximum Gasteiger partial charge on any atom is 0.244 e. The molecule has 4 heteroatoms. The molecule has 0 saturated carbocycles. The summed E-state index contributed by atoms with van der Waals surface area (Å²) in [5, 5.41) is 2.81. The first-order valence-corrected chi connectivity index (χ1v) is 6.32. The summed E-state index contributed by atoms with van der Waals surface area (Å²) in [5.41, 5.74) is 5.74. The van der Waals surface area contributed by atoms with Crippen molar-refractivity contribution < 1.29 is 9.53 Å². The van der Waals surface area contributed by atoms with Gasteiger partial charge in [-0.05, 0) is 31.9 Å². The Bertz CT molecular complexity index is 403. The van der Waals surface area contributed by atoms with Gasteiger partial charge < -0.3 is 15.8 Å². The molecule has 1 unspecified atom stereocenters. The highest BCUT2D eigenvalue weighted by molar-refractivity contribution is 5.97. The number of anilines is 1. The van der Waals surface area contributed by atoms with Gasteiger partial charge in [0.15, 0.2) is 0 Å². The van der Waals surface area contributed by atoms with Crippen LogP contribution in [0.3, 0.4) is 0 Å². The summed E-state index contributed by atoms with van der Waals surface area (Å²) < 4.78 is 5.51. The van der Waals surface area contributed by atoms with Gasteiger partial charge in [0, 0.05) is 11.8 Å². The molecule has 0 aliphatic heterocycles. The average molecular weight is 250 g/mol. The van der Waals surface area contributed by atoms with Crippen LogP contribution in [0, 0.1) is 0 Å². The molecule has 0 saturated heterocycles. The number of rotatable bonds is 6. The molecule has 1 atom stereocenters. The summed E-state index contributed by atoms with van der Waals surface area (Å²) in [7, 11) is 0. The van der Waals surface area contributed by atoms with Crippen LogP contribution in [0.4, 0.5) is 5.69 Å². The van der Waals surface area contributed by atoms with Crippen LogP contribution in [0.2, 0.25) is 0 Å². The van der Waals surface area contributed by atoms with Crippen molar-refractivity contribution >= 4 is 11.6 Å². The zero-order chi connectivity index (χ0) is 13.6. The van der Waals surface area contributed by atoms with Crippen LogP contribution in [-0.2, 0) is 4.79 Å². The molecule has 0 aliphatic carbocycles. The smallest absolute Gasteiger partial charge is 0.244 e. The molecule has 100 valence electrons. The van der Waals surface area contributed by atoms with Gasteiger partial charge in [0.25, 0.3) is 0 Å². The normalized spacial score (nSPS) is 13.8. The highest BCUT2D eigenvalue weighted by atomic mass is 16.5. The van der Waals surface area contributed by atoms with Gasteiger partial charge in [-0.2, -0.15) is 0 Å². The van der Waals surface area contributed by atoms with Crippen LogP contribution in [-0.4, -0.2) is 18.1 Å². The lowest BCUT2D eigenvalue weighted by molar-refractivity contribution is -0.120. The lowest BCUT2D eigenvalue weighted by atomic mass is 9.99. The van der Waals surface area contributed by atoms with Crippen LogP contribution in [0.1, 0.15) is 33.6 Å². The predicted molar refractivity (Wildman–Crippen MR) is 73.7 cm³/mol. The van der Waals surface area contributed by atoms with Gasteiger partial charge in [-0.1, -0.05) is 19.9 Å². The van der Waals surface area contributed by atoms with Gasteiger partial charge in [0.1, 0.15) is 5.75 Å². The van der Waals surface area contributed by atoms with Gasteiger partial charge >= 0.3 is 0 Å². The minimum atomic E-state index is -0.847. The zero-order valence-corrected chi connectivity index (χ0v) is 11.3. The monoisotopic (exact) mass is 250 g/mol. The van der Waals surface area contributed by atoms with E-state index in [4.69, 9.17) is 10.5 Å². The zero-order valence-electron chi connectivity index (χ0n) is 11.3. The summed E-state index contributed by atoms with van der Waals surface area (Å²) in [6, 6.07) is 7.34. The molecule has 0 radical (unpaired) electrons. The number of hydrogen-bond donors (Lipinski definition) is 2. The van der Waals surface area contributed by atoms with Crippen molar-refractivity contribution in [3.8, 4) is 5.75 Å². The predicted octanol–water partition coefficient (Wildman–Crippen LogP) is 2.54. The Morgan fingerprint density at radius 3 is 2.78 bits per heavy atom. The van der Waals surface area contributed by atoms with Gasteiger partial charge in [0.2, 0.25) is 5.91 Å². The summed E-state index contributed by atoms with van der Waals surface area (Å²) >= 11 is 0. The third-order valence-corrected chi connectivity index (χ3v) is 2.82. The van der Waals surface area contributed by atoms with Crippen molar-refractivity contribution in [1.29, 1.82) is 0 Å². The fourth-order valence-corrected chi connectivity index (χ4v) is 1.32. The van der Waals surface area contributed by atoms with Crippen molar-refractivity contribution in [2.45, 2.75) is 39.2 Å². The average Bonchev–Trinajstić information content (AvgIpc) is 2.36. The number of carbonyl (C=O) groups excluding carboxylic acids is 1. The van der Waals surface area contributed by atoms with Gasteiger partial charge in [-0.15, -0.1) is 0 Å². The maximum absolute atomic E-state index is 11.9. The minimum Gasteiger partial charge on any atom is -0.494 e. The summed E-state index contributed by atoms with van der Waals surface area (Å²) in [5.74, 6) is 0.572. The third-order valence-electron chi connectivity index (χ3n) is 2.82. The quantitative estimate of drug-likeness (QED) is 0.815. The van der Waals surface area contributed by atoms with Gasteiger partial charge in [-0.3, -0.25) is 4.79 Å². The number of amides is 1. The lowest BCUT2D eigenvalue weighted by Gasteiger charge is -2.21. The van der Waals surface area contributed by atoms with Crippen molar-refractivity contribution in [3.05, 3.63) is 24.3 Å². The summed E-state index contributed by atoms with van der Waals surface area (Å²) in [6.07, 6.45) is 1.54. The highest BCUT2D eigenvalue weighted by Crippen LogP contribution is 2.19. The molecule has 4 nitrogen and oxygen atoms in total. The minimum absolute atomic E-state index is 0.183. The van der Waals surface area contributed by atoms with Gasteiger partial charge in [-0.25, -0.2) is 0 Å². The lowest BCUT2D eigenvalue weighted by Crippen LogP contribution is -2.47. The molecule has 0 aliphatic rings. The molecule has 0 spiro atoms. The van der Waals surface area contributed by atoms with E-state index < -0.39 is 5.54 Å². The Balaban J connectivity index is 2.70. The SMILES string of the molecule is CCCOc1cccc(NC(=O)C(C)(N)CC)c1. The molecular formula is C14H22N2O2. The topological polar surface area (TPSA) is 64.3 Å². The van der Waals surface area contributed by atoms with E-state index in [9.17, 15) is 4.79 Å². The van der Waals surface area contributed by atoms with E-state index in [0.717, 1.165) is 12.2 Å². The Kier molecular flexibility index (Phi) is 5.16. The molecule has 0 aromatic heterocycles. The second kappa shape index (κ2) is 6.40. The van der Waals surface area contributed by atoms with Crippen molar-refractivity contribution in [2.24, 2.45) is 5.73 Å². The van der Waals surface area contributed by atoms with Crippen molar-refractivity contribution in [3.63, 3.8) is 0 Å². The van der Waals surface area contributed by atoms with E-state index in [0.29, 0.717) is 18.7 Å². The van der Waals surface area contributed by atoms with Crippen LogP contribution in [0.25, 0.3) is 0 Å². The second-order valence-electron chi connectivity index (χ2n) is 4.60. The fourth-order valence-electron chi connectivity index (χ4n) is 1.32. The molecule has 18 heavy (non-hydrogen) atoms. The number of carbonyl (C=O) groups is 1. The van der Waals surface area contributed by atoms with E-state index in [1.54, 1.807) is 13.0 Å². The largest absolute Gasteiger partial charge is 0.494 e. The number of hydrogen-bond acceptors (Lipinski definition) is 3.